The molecule has 18 heavy (non-hydrogen) atoms. The minimum Gasteiger partial charge on any atom is -0.482 e. The number of para-hydroxylation sites is 1. The Bertz CT molecular complexity index is 490. The third-order valence-corrected chi connectivity index (χ3v) is 4.28. The van der Waals surface area contributed by atoms with Crippen molar-refractivity contribution in [2.24, 2.45) is 11.1 Å². The van der Waals surface area contributed by atoms with Crippen LogP contribution in [0.1, 0.15) is 20.3 Å². The molecule has 1 fully saturated rings. The van der Waals surface area contributed by atoms with Gasteiger partial charge in [0.25, 0.3) is 0 Å². The van der Waals surface area contributed by atoms with E-state index in [4.69, 9.17) is 10.5 Å². The second-order valence-electron chi connectivity index (χ2n) is 5.12. The number of ether oxygens (including phenoxy) is 1. The van der Waals surface area contributed by atoms with Gasteiger partial charge in [-0.05, 0) is 22.0 Å². The number of halogens is 1. The van der Waals surface area contributed by atoms with Gasteiger partial charge in [-0.3, -0.25) is 10.1 Å². The molecule has 1 aliphatic carbocycles. The maximum atomic E-state index is 11.0. The minimum absolute atomic E-state index is 0.0272. The summed E-state index contributed by atoms with van der Waals surface area (Å²) < 4.78 is 6.38. The van der Waals surface area contributed by atoms with Crippen LogP contribution in [-0.4, -0.2) is 17.1 Å². The van der Waals surface area contributed by atoms with Crippen LogP contribution in [0.2, 0.25) is 0 Å². The molecule has 5 nitrogen and oxygen atoms in total. The molecule has 0 saturated heterocycles. The summed E-state index contributed by atoms with van der Waals surface area (Å²) in [6.07, 6.45) is 0.621. The van der Waals surface area contributed by atoms with Crippen LogP contribution in [0.3, 0.4) is 0 Å². The molecule has 1 aromatic carbocycles. The standard InChI is InChI=1S/C12H15BrN2O3/c1-12(2)9(14)6-10(12)18-11-7(13)4-3-5-8(11)15(16)17/h3-5,9-10H,6,14H2,1-2H3. The molecule has 1 saturated carbocycles. The quantitative estimate of drug-likeness (QED) is 0.687. The van der Waals surface area contributed by atoms with Crippen LogP contribution in [0.4, 0.5) is 5.69 Å². The van der Waals surface area contributed by atoms with Crippen LogP contribution in [0.5, 0.6) is 5.75 Å². The average Bonchev–Trinajstić information content (AvgIpc) is 2.30. The molecule has 0 amide bonds. The van der Waals surface area contributed by atoms with Crippen molar-refractivity contribution in [2.75, 3.05) is 0 Å². The van der Waals surface area contributed by atoms with Gasteiger partial charge in [0.15, 0.2) is 0 Å². The van der Waals surface area contributed by atoms with Gasteiger partial charge in [-0.1, -0.05) is 19.9 Å². The largest absolute Gasteiger partial charge is 0.482 e. The first-order valence-electron chi connectivity index (χ1n) is 5.69. The van der Waals surface area contributed by atoms with Crippen LogP contribution >= 0.6 is 15.9 Å². The SMILES string of the molecule is CC1(C)C(N)CC1Oc1c(Br)cccc1[N+](=O)[O-]. The molecule has 0 heterocycles. The molecule has 0 radical (unpaired) electrons. The van der Waals surface area contributed by atoms with Crippen molar-refractivity contribution in [3.8, 4) is 5.75 Å². The molecular weight excluding hydrogens is 300 g/mol. The van der Waals surface area contributed by atoms with Gasteiger partial charge in [0.1, 0.15) is 6.10 Å². The van der Waals surface area contributed by atoms with Crippen molar-refractivity contribution in [1.29, 1.82) is 0 Å². The Hall–Kier alpha value is -1.14. The zero-order valence-electron chi connectivity index (χ0n) is 10.2. The molecule has 1 aromatic rings. The first kappa shape index (κ1) is 13.3. The Morgan fingerprint density at radius 2 is 2.22 bits per heavy atom. The van der Waals surface area contributed by atoms with Crippen LogP contribution in [0.15, 0.2) is 22.7 Å². The lowest BCUT2D eigenvalue weighted by atomic mass is 9.65. The summed E-state index contributed by atoms with van der Waals surface area (Å²) in [6, 6.07) is 4.86. The van der Waals surface area contributed by atoms with Crippen molar-refractivity contribution in [2.45, 2.75) is 32.4 Å². The number of nitro benzene ring substituents is 1. The highest BCUT2D eigenvalue weighted by Crippen LogP contribution is 2.45. The first-order valence-corrected chi connectivity index (χ1v) is 6.48. The third-order valence-electron chi connectivity index (χ3n) is 3.66. The van der Waals surface area contributed by atoms with E-state index in [1.807, 2.05) is 13.8 Å². The zero-order chi connectivity index (χ0) is 13.5. The van der Waals surface area contributed by atoms with Crippen LogP contribution in [0, 0.1) is 15.5 Å². The van der Waals surface area contributed by atoms with Gasteiger partial charge in [0, 0.05) is 23.9 Å². The molecule has 98 valence electrons. The zero-order valence-corrected chi connectivity index (χ0v) is 11.8. The second kappa shape index (κ2) is 4.51. The molecule has 6 heteroatoms. The smallest absolute Gasteiger partial charge is 0.312 e. The van der Waals surface area contributed by atoms with Crippen molar-refractivity contribution in [3.63, 3.8) is 0 Å². The predicted octanol–water partition coefficient (Wildman–Crippen LogP) is 2.86. The highest BCUT2D eigenvalue weighted by Gasteiger charge is 2.48. The highest BCUT2D eigenvalue weighted by atomic mass is 79.9. The Balaban J connectivity index is 2.27. The van der Waals surface area contributed by atoms with Gasteiger partial charge in [-0.15, -0.1) is 0 Å². The lowest BCUT2D eigenvalue weighted by Crippen LogP contribution is -2.60. The monoisotopic (exact) mass is 314 g/mol. The molecule has 2 N–H and O–H groups in total. The predicted molar refractivity (Wildman–Crippen MR) is 71.6 cm³/mol. The van der Waals surface area contributed by atoms with Crippen LogP contribution in [-0.2, 0) is 0 Å². The number of benzene rings is 1. The number of hydrogen-bond acceptors (Lipinski definition) is 4. The average molecular weight is 315 g/mol. The van der Waals surface area contributed by atoms with Gasteiger partial charge < -0.3 is 10.5 Å². The molecule has 0 aliphatic heterocycles. The van der Waals surface area contributed by atoms with Gasteiger partial charge >= 0.3 is 5.69 Å². The lowest BCUT2D eigenvalue weighted by Gasteiger charge is -2.49. The van der Waals surface area contributed by atoms with Crippen LogP contribution < -0.4 is 10.5 Å². The normalized spacial score (nSPS) is 25.3. The van der Waals surface area contributed by atoms with E-state index in [2.05, 4.69) is 15.9 Å². The second-order valence-corrected chi connectivity index (χ2v) is 5.97. The summed E-state index contributed by atoms with van der Waals surface area (Å²) in [6.45, 7) is 4.02. The summed E-state index contributed by atoms with van der Waals surface area (Å²) in [4.78, 5) is 10.5. The fourth-order valence-electron chi connectivity index (χ4n) is 2.02. The minimum atomic E-state index is -0.439. The molecule has 2 unspecified atom stereocenters. The van der Waals surface area contributed by atoms with Crippen molar-refractivity contribution < 1.29 is 9.66 Å². The summed E-state index contributed by atoms with van der Waals surface area (Å²) in [7, 11) is 0. The number of nitro groups is 1. The molecule has 0 spiro atoms. The van der Waals surface area contributed by atoms with E-state index in [0.29, 0.717) is 10.9 Å². The summed E-state index contributed by atoms with van der Waals surface area (Å²) in [5, 5.41) is 11.0. The molecule has 0 aromatic heterocycles. The fraction of sp³-hybridized carbons (Fsp3) is 0.500. The number of hydrogen-bond donors (Lipinski definition) is 1. The molecule has 2 rings (SSSR count). The summed E-state index contributed by atoms with van der Waals surface area (Å²) >= 11 is 3.29. The Morgan fingerprint density at radius 1 is 1.56 bits per heavy atom. The van der Waals surface area contributed by atoms with E-state index < -0.39 is 4.92 Å². The fourth-order valence-corrected chi connectivity index (χ4v) is 2.47. The number of nitrogens with zero attached hydrogens (tertiary/aromatic N) is 1. The topological polar surface area (TPSA) is 78.4 Å². The van der Waals surface area contributed by atoms with E-state index in [9.17, 15) is 10.1 Å². The van der Waals surface area contributed by atoms with Crippen molar-refractivity contribution in [1.82, 2.24) is 0 Å². The van der Waals surface area contributed by atoms with Gasteiger partial charge in [0.05, 0.1) is 9.40 Å². The molecular formula is C12H15BrN2O3. The van der Waals surface area contributed by atoms with Crippen molar-refractivity contribution >= 4 is 21.6 Å². The van der Waals surface area contributed by atoms with E-state index in [-0.39, 0.29) is 29.0 Å². The van der Waals surface area contributed by atoms with Crippen LogP contribution in [0.25, 0.3) is 0 Å². The lowest BCUT2D eigenvalue weighted by molar-refractivity contribution is -0.386. The van der Waals surface area contributed by atoms with E-state index in [1.165, 1.54) is 6.07 Å². The molecule has 0 bridgehead atoms. The maximum Gasteiger partial charge on any atom is 0.312 e. The summed E-state index contributed by atoms with van der Waals surface area (Å²) in [5.74, 6) is 0.285. The molecule has 2 atom stereocenters. The van der Waals surface area contributed by atoms with E-state index in [1.54, 1.807) is 12.1 Å². The first-order chi connectivity index (χ1) is 8.34. The number of nitrogens with two attached hydrogens (primary N) is 1. The Morgan fingerprint density at radius 3 is 2.72 bits per heavy atom. The van der Waals surface area contributed by atoms with Gasteiger partial charge in [-0.25, -0.2) is 0 Å². The maximum absolute atomic E-state index is 11.0. The number of rotatable bonds is 3. The van der Waals surface area contributed by atoms with E-state index >= 15 is 0 Å². The van der Waals surface area contributed by atoms with E-state index in [0.717, 1.165) is 0 Å². The summed E-state index contributed by atoms with van der Waals surface area (Å²) in [5.41, 5.74) is 5.72. The third kappa shape index (κ3) is 2.10. The Labute approximate surface area is 114 Å². The van der Waals surface area contributed by atoms with Crippen molar-refractivity contribution in [3.05, 3.63) is 32.8 Å². The van der Waals surface area contributed by atoms with Gasteiger partial charge in [0.2, 0.25) is 5.75 Å². The highest BCUT2D eigenvalue weighted by molar-refractivity contribution is 9.10. The Kier molecular flexibility index (Phi) is 3.33. The molecule has 1 aliphatic rings. The van der Waals surface area contributed by atoms with Gasteiger partial charge in [-0.2, -0.15) is 0 Å².